The fourth-order valence-electron chi connectivity index (χ4n) is 5.38. The van der Waals surface area contributed by atoms with Crippen LogP contribution in [0.1, 0.15) is 30.5 Å². The lowest BCUT2D eigenvalue weighted by molar-refractivity contribution is 0.0273. The van der Waals surface area contributed by atoms with Crippen molar-refractivity contribution in [2.45, 2.75) is 50.4 Å². The first-order chi connectivity index (χ1) is 20.7. The highest BCUT2D eigenvalue weighted by Crippen LogP contribution is 2.27. The summed E-state index contributed by atoms with van der Waals surface area (Å²) in [5.41, 5.74) is 10.5. The van der Waals surface area contributed by atoms with Crippen molar-refractivity contribution in [3.05, 3.63) is 126 Å². The van der Waals surface area contributed by atoms with Crippen molar-refractivity contribution in [2.24, 2.45) is 5.92 Å². The fourth-order valence-corrected chi connectivity index (χ4v) is 7.03. The highest BCUT2D eigenvalue weighted by atomic mass is 32.2. The van der Waals surface area contributed by atoms with Crippen LogP contribution in [0.2, 0.25) is 0 Å². The van der Waals surface area contributed by atoms with E-state index in [9.17, 15) is 13.5 Å². The Morgan fingerprint density at radius 3 is 1.74 bits per heavy atom. The van der Waals surface area contributed by atoms with Crippen molar-refractivity contribution in [1.82, 2.24) is 9.21 Å². The third-order valence-electron chi connectivity index (χ3n) is 7.55. The van der Waals surface area contributed by atoms with Gasteiger partial charge in [0.2, 0.25) is 10.0 Å². The van der Waals surface area contributed by atoms with Crippen LogP contribution in [0.5, 0.6) is 0 Å². The molecule has 228 valence electrons. The van der Waals surface area contributed by atoms with Crippen molar-refractivity contribution >= 4 is 21.4 Å². The largest absolute Gasteiger partial charge is 0.397 e. The van der Waals surface area contributed by atoms with Crippen LogP contribution < -0.4 is 11.1 Å². The third-order valence-corrected chi connectivity index (χ3v) is 9.38. The molecule has 0 spiro atoms. The number of nitrogens with zero attached hydrogens (tertiary/aromatic N) is 2. The maximum Gasteiger partial charge on any atom is 0.243 e. The minimum Gasteiger partial charge on any atom is -0.397 e. The molecule has 4 rings (SSSR count). The first-order valence-electron chi connectivity index (χ1n) is 14.8. The van der Waals surface area contributed by atoms with Gasteiger partial charge in [0.05, 0.1) is 22.4 Å². The van der Waals surface area contributed by atoms with Gasteiger partial charge in [-0.05, 0) is 47.2 Å². The number of benzene rings is 4. The van der Waals surface area contributed by atoms with Gasteiger partial charge >= 0.3 is 0 Å². The first-order valence-corrected chi connectivity index (χ1v) is 16.2. The normalized spacial score (nSPS) is 13.4. The van der Waals surface area contributed by atoms with Crippen molar-refractivity contribution < 1.29 is 13.5 Å². The number of rotatable bonds is 15. The molecular formula is C35H44N4O3S. The maximum absolute atomic E-state index is 14.0. The van der Waals surface area contributed by atoms with Gasteiger partial charge in [0.15, 0.2) is 0 Å². The average molecular weight is 601 g/mol. The molecule has 0 fully saturated rings. The minimum absolute atomic E-state index is 0.0493. The predicted molar refractivity (Wildman–Crippen MR) is 176 cm³/mol. The third kappa shape index (κ3) is 8.91. The summed E-state index contributed by atoms with van der Waals surface area (Å²) in [6.07, 6.45) is -0.420. The van der Waals surface area contributed by atoms with Gasteiger partial charge in [-0.25, -0.2) is 8.42 Å². The molecule has 4 N–H and O–H groups in total. The van der Waals surface area contributed by atoms with E-state index in [1.54, 1.807) is 19.2 Å². The van der Waals surface area contributed by atoms with E-state index in [-0.39, 0.29) is 29.9 Å². The smallest absolute Gasteiger partial charge is 0.243 e. The van der Waals surface area contributed by atoms with E-state index in [4.69, 9.17) is 5.73 Å². The van der Waals surface area contributed by atoms with E-state index in [0.29, 0.717) is 30.9 Å². The molecule has 0 bridgehead atoms. The topological polar surface area (TPSA) is 98.9 Å². The molecule has 2 unspecified atom stereocenters. The van der Waals surface area contributed by atoms with Crippen LogP contribution >= 0.6 is 0 Å². The number of nitrogen functional groups attached to an aromatic ring is 1. The van der Waals surface area contributed by atoms with Crippen LogP contribution in [0.3, 0.4) is 0 Å². The van der Waals surface area contributed by atoms with Gasteiger partial charge in [0.25, 0.3) is 0 Å². The van der Waals surface area contributed by atoms with Gasteiger partial charge in [-0.3, -0.25) is 4.90 Å². The summed E-state index contributed by atoms with van der Waals surface area (Å²) in [7, 11) is -2.20. The zero-order valence-electron chi connectivity index (χ0n) is 25.3. The van der Waals surface area contributed by atoms with E-state index >= 15 is 0 Å². The number of nitrogens with one attached hydrogen (secondary N) is 1. The van der Waals surface area contributed by atoms with Crippen LogP contribution in [-0.2, 0) is 29.5 Å². The number of hydrogen-bond donors (Lipinski definition) is 3. The Morgan fingerprint density at radius 2 is 1.28 bits per heavy atom. The van der Waals surface area contributed by atoms with Crippen LogP contribution in [0.4, 0.5) is 11.4 Å². The van der Waals surface area contributed by atoms with Gasteiger partial charge in [0, 0.05) is 39.3 Å². The SMILES string of the molecule is CNc1ccc(S(=O)(=O)N(CC(C)C)CC(O)C(Cc2ccccc2)N(Cc2ccccc2)Cc2ccccc2)cc1N. The number of hydrogen-bond acceptors (Lipinski definition) is 6. The quantitative estimate of drug-likeness (QED) is 0.153. The van der Waals surface area contributed by atoms with E-state index in [0.717, 1.165) is 16.7 Å². The Labute approximate surface area is 257 Å². The molecule has 0 heterocycles. The molecule has 0 radical (unpaired) electrons. The summed E-state index contributed by atoms with van der Waals surface area (Å²) in [4.78, 5) is 2.38. The zero-order valence-corrected chi connectivity index (χ0v) is 26.1. The summed E-state index contributed by atoms with van der Waals surface area (Å²) < 4.78 is 29.4. The van der Waals surface area contributed by atoms with Crippen molar-refractivity contribution in [3.63, 3.8) is 0 Å². The first kappa shape index (κ1) is 32.2. The second-order valence-corrected chi connectivity index (χ2v) is 13.4. The number of anilines is 2. The Balaban J connectivity index is 1.71. The Morgan fingerprint density at radius 1 is 0.767 bits per heavy atom. The predicted octanol–water partition coefficient (Wildman–Crippen LogP) is 5.63. The highest BCUT2D eigenvalue weighted by Gasteiger charge is 2.33. The number of aliphatic hydroxyl groups excluding tert-OH is 1. The van der Waals surface area contributed by atoms with Crippen LogP contribution in [0.15, 0.2) is 114 Å². The van der Waals surface area contributed by atoms with Crippen molar-refractivity contribution in [2.75, 3.05) is 31.2 Å². The lowest BCUT2D eigenvalue weighted by Gasteiger charge is -2.37. The molecule has 7 nitrogen and oxygen atoms in total. The molecule has 0 saturated carbocycles. The van der Waals surface area contributed by atoms with Gasteiger partial charge in [0.1, 0.15) is 0 Å². The molecule has 8 heteroatoms. The summed E-state index contributed by atoms with van der Waals surface area (Å²) in [6, 6.07) is 34.8. The summed E-state index contributed by atoms with van der Waals surface area (Å²) in [6.45, 7) is 5.37. The van der Waals surface area contributed by atoms with E-state index in [2.05, 4.69) is 46.6 Å². The van der Waals surface area contributed by atoms with Gasteiger partial charge < -0.3 is 16.2 Å². The van der Waals surface area contributed by atoms with Gasteiger partial charge in [-0.2, -0.15) is 4.31 Å². The lowest BCUT2D eigenvalue weighted by atomic mass is 9.97. The Bertz CT molecular complexity index is 1480. The Hall–Kier alpha value is -3.69. The van der Waals surface area contributed by atoms with Crippen LogP contribution in [0.25, 0.3) is 0 Å². The van der Waals surface area contributed by atoms with E-state index < -0.39 is 16.1 Å². The molecule has 4 aromatic rings. The minimum atomic E-state index is -3.94. The summed E-state index contributed by atoms with van der Waals surface area (Å²) >= 11 is 0. The van der Waals surface area contributed by atoms with E-state index in [1.165, 1.54) is 10.4 Å². The molecule has 0 aromatic heterocycles. The fraction of sp³-hybridized carbons (Fsp3) is 0.314. The molecular weight excluding hydrogens is 556 g/mol. The number of aliphatic hydroxyl groups is 1. The van der Waals surface area contributed by atoms with Gasteiger partial charge in [-0.1, -0.05) is 105 Å². The maximum atomic E-state index is 14.0. The monoisotopic (exact) mass is 600 g/mol. The summed E-state index contributed by atoms with van der Waals surface area (Å²) in [5.74, 6) is 0.0493. The molecule has 0 amide bonds. The molecule has 43 heavy (non-hydrogen) atoms. The highest BCUT2D eigenvalue weighted by molar-refractivity contribution is 7.89. The van der Waals surface area contributed by atoms with Crippen LogP contribution in [0, 0.1) is 5.92 Å². The average Bonchev–Trinajstić information content (AvgIpc) is 3.00. The Kier molecular flexibility index (Phi) is 11.4. The van der Waals surface area contributed by atoms with Crippen molar-refractivity contribution in [3.8, 4) is 0 Å². The molecule has 2 atom stereocenters. The van der Waals surface area contributed by atoms with E-state index in [1.807, 2.05) is 68.4 Å². The van der Waals surface area contributed by atoms with Crippen molar-refractivity contribution in [1.29, 1.82) is 0 Å². The second-order valence-electron chi connectivity index (χ2n) is 11.4. The molecule has 0 saturated heterocycles. The molecule has 4 aromatic carbocycles. The van der Waals surface area contributed by atoms with Crippen LogP contribution in [-0.4, -0.2) is 55.0 Å². The molecule has 0 aliphatic rings. The number of sulfonamides is 1. The standard InChI is InChI=1S/C35H44N4O3S/c1-27(2)23-39(43(41,42)31-19-20-33(37-3)32(36)22-31)26-35(40)34(21-28-13-7-4-8-14-28)38(24-29-15-9-5-10-16-29)25-30-17-11-6-12-18-30/h4-20,22,27,34-35,37,40H,21,23-26,36H2,1-3H3. The second kappa shape index (κ2) is 15.2. The molecule has 0 aliphatic heterocycles. The van der Waals surface area contributed by atoms with Gasteiger partial charge in [-0.15, -0.1) is 0 Å². The summed E-state index contributed by atoms with van der Waals surface area (Å²) in [5, 5.41) is 15.0. The molecule has 0 aliphatic carbocycles. The number of nitrogens with two attached hydrogens (primary N) is 1. The zero-order chi connectivity index (χ0) is 30.8. The lowest BCUT2D eigenvalue weighted by Crippen LogP contribution is -2.50.